The molecule has 1 atom stereocenters. The summed E-state index contributed by atoms with van der Waals surface area (Å²) in [6.07, 6.45) is 3.38. The maximum atomic E-state index is 12.6. The van der Waals surface area contributed by atoms with Crippen molar-refractivity contribution in [3.8, 4) is 0 Å². The SMILES string of the molecule is CC1CCN(CC[C@@H](C)N(C)S(=O)(=O)c2ccccc2)CC1. The molecule has 0 aliphatic carbocycles. The zero-order chi connectivity index (χ0) is 16.2. The molecule has 1 aromatic carbocycles. The number of sulfonamides is 1. The average Bonchev–Trinajstić information content (AvgIpc) is 2.54. The van der Waals surface area contributed by atoms with Crippen molar-refractivity contribution in [1.82, 2.24) is 9.21 Å². The van der Waals surface area contributed by atoms with Gasteiger partial charge >= 0.3 is 0 Å². The molecule has 1 saturated heterocycles. The molecule has 124 valence electrons. The van der Waals surface area contributed by atoms with Gasteiger partial charge in [0.25, 0.3) is 0 Å². The van der Waals surface area contributed by atoms with Crippen LogP contribution in [0.4, 0.5) is 0 Å². The Morgan fingerprint density at radius 3 is 2.41 bits per heavy atom. The van der Waals surface area contributed by atoms with Gasteiger partial charge in [0.2, 0.25) is 10.0 Å². The van der Waals surface area contributed by atoms with E-state index in [0.717, 1.165) is 32.0 Å². The molecule has 2 rings (SSSR count). The molecule has 0 bridgehead atoms. The highest BCUT2D eigenvalue weighted by Crippen LogP contribution is 2.19. The predicted molar refractivity (Wildman–Crippen MR) is 90.3 cm³/mol. The zero-order valence-electron chi connectivity index (χ0n) is 13.9. The highest BCUT2D eigenvalue weighted by atomic mass is 32.2. The smallest absolute Gasteiger partial charge is 0.243 e. The molecular weight excluding hydrogens is 296 g/mol. The molecule has 1 aliphatic rings. The molecule has 0 radical (unpaired) electrons. The number of piperidine rings is 1. The number of likely N-dealkylation sites (tertiary alicyclic amines) is 1. The van der Waals surface area contributed by atoms with Gasteiger partial charge in [-0.1, -0.05) is 25.1 Å². The topological polar surface area (TPSA) is 40.6 Å². The summed E-state index contributed by atoms with van der Waals surface area (Å²) in [6, 6.07) is 8.68. The Morgan fingerprint density at radius 2 is 1.82 bits per heavy atom. The Morgan fingerprint density at radius 1 is 1.23 bits per heavy atom. The molecule has 0 spiro atoms. The number of rotatable bonds is 6. The van der Waals surface area contributed by atoms with Gasteiger partial charge in [0.1, 0.15) is 0 Å². The molecule has 0 amide bonds. The number of benzene rings is 1. The molecule has 1 aliphatic heterocycles. The summed E-state index contributed by atoms with van der Waals surface area (Å²) in [5.41, 5.74) is 0. The van der Waals surface area contributed by atoms with E-state index in [1.54, 1.807) is 31.3 Å². The minimum atomic E-state index is -3.39. The van der Waals surface area contributed by atoms with Gasteiger partial charge in [-0.25, -0.2) is 8.42 Å². The van der Waals surface area contributed by atoms with E-state index in [0.29, 0.717) is 4.90 Å². The van der Waals surface area contributed by atoms with Crippen molar-refractivity contribution in [2.75, 3.05) is 26.7 Å². The van der Waals surface area contributed by atoms with Crippen LogP contribution < -0.4 is 0 Å². The molecule has 0 N–H and O–H groups in total. The highest BCUT2D eigenvalue weighted by molar-refractivity contribution is 7.89. The Bertz CT molecular complexity index is 551. The monoisotopic (exact) mass is 324 g/mol. The molecule has 1 fully saturated rings. The number of hydrogen-bond donors (Lipinski definition) is 0. The fraction of sp³-hybridized carbons (Fsp3) is 0.647. The van der Waals surface area contributed by atoms with Gasteiger partial charge in [-0.2, -0.15) is 4.31 Å². The summed E-state index contributed by atoms with van der Waals surface area (Å²) < 4.78 is 26.7. The van der Waals surface area contributed by atoms with Crippen LogP contribution in [0.1, 0.15) is 33.1 Å². The lowest BCUT2D eigenvalue weighted by atomic mass is 9.99. The van der Waals surface area contributed by atoms with Crippen LogP contribution in [0.2, 0.25) is 0 Å². The Kier molecular flexibility index (Phi) is 6.01. The van der Waals surface area contributed by atoms with Crippen molar-refractivity contribution in [1.29, 1.82) is 0 Å². The highest BCUT2D eigenvalue weighted by Gasteiger charge is 2.25. The lowest BCUT2D eigenvalue weighted by Crippen LogP contribution is -2.39. The molecule has 1 aromatic rings. The van der Waals surface area contributed by atoms with Crippen molar-refractivity contribution in [2.24, 2.45) is 5.92 Å². The van der Waals surface area contributed by atoms with Gasteiger partial charge in [0.05, 0.1) is 4.90 Å². The van der Waals surface area contributed by atoms with Crippen LogP contribution in [0.5, 0.6) is 0 Å². The van der Waals surface area contributed by atoms with E-state index in [-0.39, 0.29) is 6.04 Å². The molecule has 4 nitrogen and oxygen atoms in total. The van der Waals surface area contributed by atoms with E-state index < -0.39 is 10.0 Å². The maximum absolute atomic E-state index is 12.6. The van der Waals surface area contributed by atoms with E-state index in [2.05, 4.69) is 11.8 Å². The first-order valence-electron chi connectivity index (χ1n) is 8.16. The maximum Gasteiger partial charge on any atom is 0.243 e. The van der Waals surface area contributed by atoms with Crippen LogP contribution >= 0.6 is 0 Å². The second-order valence-corrected chi connectivity index (χ2v) is 8.49. The summed E-state index contributed by atoms with van der Waals surface area (Å²) in [5, 5.41) is 0. The van der Waals surface area contributed by atoms with Gasteiger partial charge in [-0.3, -0.25) is 0 Å². The third-order valence-corrected chi connectivity index (χ3v) is 6.77. The third-order valence-electron chi connectivity index (χ3n) is 4.78. The van der Waals surface area contributed by atoms with Crippen LogP contribution in [-0.4, -0.2) is 50.3 Å². The van der Waals surface area contributed by atoms with E-state index in [9.17, 15) is 8.42 Å². The molecule has 0 unspecified atom stereocenters. The first-order valence-corrected chi connectivity index (χ1v) is 9.60. The first kappa shape index (κ1) is 17.4. The van der Waals surface area contributed by atoms with Crippen LogP contribution in [0.3, 0.4) is 0 Å². The van der Waals surface area contributed by atoms with Crippen LogP contribution in [0.25, 0.3) is 0 Å². The minimum absolute atomic E-state index is 0.00422. The predicted octanol–water partition coefficient (Wildman–Crippen LogP) is 2.82. The Hall–Kier alpha value is -0.910. The molecule has 0 aromatic heterocycles. The van der Waals surface area contributed by atoms with Crippen LogP contribution in [0, 0.1) is 5.92 Å². The van der Waals surface area contributed by atoms with Crippen molar-refractivity contribution >= 4 is 10.0 Å². The molecule has 22 heavy (non-hydrogen) atoms. The molecule has 5 heteroatoms. The Balaban J connectivity index is 1.90. The van der Waals surface area contributed by atoms with E-state index >= 15 is 0 Å². The van der Waals surface area contributed by atoms with Gasteiger partial charge in [-0.15, -0.1) is 0 Å². The molecular formula is C17H28N2O2S. The summed E-state index contributed by atoms with van der Waals surface area (Å²) in [5.74, 6) is 0.829. The normalized spacial score (nSPS) is 19.5. The van der Waals surface area contributed by atoms with Gasteiger partial charge < -0.3 is 4.90 Å². The Labute approximate surface area is 135 Å². The van der Waals surface area contributed by atoms with E-state index in [1.807, 2.05) is 13.0 Å². The van der Waals surface area contributed by atoms with Crippen LogP contribution in [0.15, 0.2) is 35.2 Å². The second-order valence-electron chi connectivity index (χ2n) is 6.50. The number of hydrogen-bond acceptors (Lipinski definition) is 3. The van der Waals surface area contributed by atoms with Crippen LogP contribution in [-0.2, 0) is 10.0 Å². The van der Waals surface area contributed by atoms with Crippen molar-refractivity contribution in [3.63, 3.8) is 0 Å². The largest absolute Gasteiger partial charge is 0.303 e. The molecule has 0 saturated carbocycles. The minimum Gasteiger partial charge on any atom is -0.303 e. The summed E-state index contributed by atoms with van der Waals surface area (Å²) in [7, 11) is -1.70. The summed E-state index contributed by atoms with van der Waals surface area (Å²) in [6.45, 7) is 7.56. The fourth-order valence-corrected chi connectivity index (χ4v) is 4.25. The first-order chi connectivity index (χ1) is 10.4. The number of nitrogens with zero attached hydrogens (tertiary/aromatic N) is 2. The van der Waals surface area contributed by atoms with Gasteiger partial charge in [-0.05, 0) is 63.9 Å². The molecule has 1 heterocycles. The average molecular weight is 324 g/mol. The quantitative estimate of drug-likeness (QED) is 0.808. The second kappa shape index (κ2) is 7.57. The third kappa shape index (κ3) is 4.31. The lowest BCUT2D eigenvalue weighted by Gasteiger charge is -2.32. The fourth-order valence-electron chi connectivity index (χ4n) is 2.83. The van der Waals surface area contributed by atoms with Gasteiger partial charge in [0.15, 0.2) is 0 Å². The zero-order valence-corrected chi connectivity index (χ0v) is 14.7. The van der Waals surface area contributed by atoms with Crippen molar-refractivity contribution in [3.05, 3.63) is 30.3 Å². The summed E-state index contributed by atoms with van der Waals surface area (Å²) >= 11 is 0. The standard InChI is InChI=1S/C17H28N2O2S/c1-15-9-12-19(13-10-15)14-11-16(2)18(3)22(20,21)17-7-5-4-6-8-17/h4-8,15-16H,9-14H2,1-3H3/t16-/m1/s1. The van der Waals surface area contributed by atoms with E-state index in [4.69, 9.17) is 0 Å². The van der Waals surface area contributed by atoms with Crippen molar-refractivity contribution in [2.45, 2.75) is 44.0 Å². The van der Waals surface area contributed by atoms with E-state index in [1.165, 1.54) is 17.1 Å². The van der Waals surface area contributed by atoms with Crippen molar-refractivity contribution < 1.29 is 8.42 Å². The van der Waals surface area contributed by atoms with Gasteiger partial charge in [0, 0.05) is 13.1 Å². The lowest BCUT2D eigenvalue weighted by molar-refractivity contribution is 0.179. The summed E-state index contributed by atoms with van der Waals surface area (Å²) in [4.78, 5) is 2.83.